The lowest BCUT2D eigenvalue weighted by Gasteiger charge is -2.29. The van der Waals surface area contributed by atoms with Crippen molar-refractivity contribution in [3.8, 4) is 0 Å². The van der Waals surface area contributed by atoms with E-state index in [1.54, 1.807) is 25.3 Å². The maximum absolute atomic E-state index is 13.0. The van der Waals surface area contributed by atoms with Crippen LogP contribution in [0.25, 0.3) is 0 Å². The molecule has 1 saturated heterocycles. The van der Waals surface area contributed by atoms with Crippen molar-refractivity contribution in [1.29, 1.82) is 0 Å². The lowest BCUT2D eigenvalue weighted by molar-refractivity contribution is 0.119. The Labute approximate surface area is 167 Å². The molecule has 0 bridgehead atoms. The number of pyridine rings is 1. The van der Waals surface area contributed by atoms with Crippen LogP contribution in [0.5, 0.6) is 0 Å². The Balaban J connectivity index is 1.71. The van der Waals surface area contributed by atoms with Gasteiger partial charge in [-0.1, -0.05) is 30.7 Å². The van der Waals surface area contributed by atoms with E-state index < -0.39 is 0 Å². The van der Waals surface area contributed by atoms with Crippen LogP contribution in [0.1, 0.15) is 36.6 Å². The molecule has 2 amide bonds. The molecule has 1 atom stereocenters. The van der Waals surface area contributed by atoms with Crippen LogP contribution in [0.3, 0.4) is 0 Å². The van der Waals surface area contributed by atoms with Crippen molar-refractivity contribution in [2.45, 2.75) is 31.8 Å². The highest BCUT2D eigenvalue weighted by atomic mass is 16.5. The fourth-order valence-electron chi connectivity index (χ4n) is 3.61. The monoisotopic (exact) mass is 382 g/mol. The zero-order valence-corrected chi connectivity index (χ0v) is 16.8. The fraction of sp³-hybridized carbons (Fsp3) is 0.455. The van der Waals surface area contributed by atoms with E-state index in [-0.39, 0.29) is 12.1 Å². The van der Waals surface area contributed by atoms with Gasteiger partial charge >= 0.3 is 6.03 Å². The first-order valence-corrected chi connectivity index (χ1v) is 9.93. The van der Waals surface area contributed by atoms with Crippen molar-refractivity contribution < 1.29 is 9.53 Å². The van der Waals surface area contributed by atoms with Crippen molar-refractivity contribution in [3.05, 3.63) is 59.9 Å². The quantitative estimate of drug-likeness (QED) is 0.789. The zero-order chi connectivity index (χ0) is 19.8. The molecule has 1 aliphatic heterocycles. The first kappa shape index (κ1) is 20.3. The Morgan fingerprint density at radius 1 is 1.18 bits per heavy atom. The number of rotatable bonds is 7. The molecule has 2 heterocycles. The number of carbonyl (C=O) groups is 1. The van der Waals surface area contributed by atoms with Gasteiger partial charge in [0.1, 0.15) is 0 Å². The van der Waals surface area contributed by atoms with Crippen LogP contribution in [0.15, 0.2) is 48.7 Å². The molecule has 6 nitrogen and oxygen atoms in total. The van der Waals surface area contributed by atoms with Crippen molar-refractivity contribution in [1.82, 2.24) is 14.8 Å². The van der Waals surface area contributed by atoms with Crippen molar-refractivity contribution in [2.75, 3.05) is 39.2 Å². The molecular weight excluding hydrogens is 352 g/mol. The van der Waals surface area contributed by atoms with Gasteiger partial charge in [-0.25, -0.2) is 4.79 Å². The minimum absolute atomic E-state index is 0.168. The number of ether oxygens (including phenoxy) is 1. The Kier molecular flexibility index (Phi) is 7.39. The number of methoxy groups -OCH3 is 1. The number of likely N-dealkylation sites (tertiary alicyclic amines) is 1. The molecule has 2 aromatic rings. The molecule has 6 heteroatoms. The van der Waals surface area contributed by atoms with E-state index in [2.05, 4.69) is 21.3 Å². The summed E-state index contributed by atoms with van der Waals surface area (Å²) in [6, 6.07) is 13.3. The highest BCUT2D eigenvalue weighted by molar-refractivity contribution is 5.90. The number of piperidine rings is 1. The normalized spacial score (nSPS) is 15.8. The molecule has 0 radical (unpaired) electrons. The maximum Gasteiger partial charge on any atom is 0.322 e. The number of benzene rings is 1. The number of anilines is 1. The number of nitrogens with zero attached hydrogens (tertiary/aromatic N) is 3. The van der Waals surface area contributed by atoms with Crippen LogP contribution in [0.2, 0.25) is 0 Å². The lowest BCUT2D eigenvalue weighted by Crippen LogP contribution is -2.37. The van der Waals surface area contributed by atoms with Crippen LogP contribution in [-0.4, -0.2) is 54.7 Å². The van der Waals surface area contributed by atoms with Gasteiger partial charge in [-0.15, -0.1) is 0 Å². The third-order valence-corrected chi connectivity index (χ3v) is 5.24. The standard InChI is InChI=1S/C22H30N4O2/c1-25(21(17-28-2)20-12-6-7-13-23-20)22(27)24-19-11-5-4-10-18(19)16-26-14-8-3-9-15-26/h4-7,10-13,21H,3,8-9,14-17H2,1-2H3,(H,24,27)/t21-/m1/s1. The molecular formula is C22H30N4O2. The third-order valence-electron chi connectivity index (χ3n) is 5.24. The second kappa shape index (κ2) is 10.2. The molecule has 1 fully saturated rings. The molecule has 1 aromatic carbocycles. The van der Waals surface area contributed by atoms with Crippen LogP contribution in [-0.2, 0) is 11.3 Å². The SMILES string of the molecule is COC[C@H](c1ccccn1)N(C)C(=O)Nc1ccccc1CN1CCCCC1. The van der Waals surface area contributed by atoms with Gasteiger partial charge in [0.2, 0.25) is 0 Å². The second-order valence-corrected chi connectivity index (χ2v) is 7.26. The van der Waals surface area contributed by atoms with E-state index in [1.165, 1.54) is 19.3 Å². The summed E-state index contributed by atoms with van der Waals surface area (Å²) in [5, 5.41) is 3.09. The average molecular weight is 383 g/mol. The fourth-order valence-corrected chi connectivity index (χ4v) is 3.61. The number of aromatic nitrogens is 1. The first-order valence-electron chi connectivity index (χ1n) is 9.93. The number of hydrogen-bond donors (Lipinski definition) is 1. The number of urea groups is 1. The summed E-state index contributed by atoms with van der Waals surface area (Å²) in [5.41, 5.74) is 2.82. The topological polar surface area (TPSA) is 57.7 Å². The number of hydrogen-bond acceptors (Lipinski definition) is 4. The van der Waals surface area contributed by atoms with E-state index >= 15 is 0 Å². The summed E-state index contributed by atoms with van der Waals surface area (Å²) in [7, 11) is 3.41. The molecule has 28 heavy (non-hydrogen) atoms. The molecule has 1 aliphatic rings. The van der Waals surface area contributed by atoms with E-state index in [4.69, 9.17) is 4.74 Å². The molecule has 1 N–H and O–H groups in total. The van der Waals surface area contributed by atoms with Gasteiger partial charge < -0.3 is 15.0 Å². The number of nitrogens with one attached hydrogen (secondary N) is 1. The average Bonchev–Trinajstić information content (AvgIpc) is 2.74. The number of amides is 2. The van der Waals surface area contributed by atoms with Gasteiger partial charge in [0.05, 0.1) is 18.3 Å². The summed E-state index contributed by atoms with van der Waals surface area (Å²) < 4.78 is 5.34. The Morgan fingerprint density at radius 2 is 1.93 bits per heavy atom. The summed E-state index contributed by atoms with van der Waals surface area (Å²) in [5.74, 6) is 0. The molecule has 150 valence electrons. The predicted octanol–water partition coefficient (Wildman–Crippen LogP) is 3.92. The minimum atomic E-state index is -0.250. The molecule has 0 spiro atoms. The number of likely N-dealkylation sites (N-methyl/N-ethyl adjacent to an activating group) is 1. The number of para-hydroxylation sites is 1. The van der Waals surface area contributed by atoms with Gasteiger partial charge in [-0.3, -0.25) is 9.88 Å². The molecule has 0 unspecified atom stereocenters. The van der Waals surface area contributed by atoms with Gasteiger partial charge in [0.15, 0.2) is 0 Å². The predicted molar refractivity (Wildman–Crippen MR) is 111 cm³/mol. The summed E-state index contributed by atoms with van der Waals surface area (Å²) >= 11 is 0. The van der Waals surface area contributed by atoms with E-state index in [0.29, 0.717) is 6.61 Å². The highest BCUT2D eigenvalue weighted by Crippen LogP contribution is 2.22. The van der Waals surface area contributed by atoms with Crippen LogP contribution >= 0.6 is 0 Å². The highest BCUT2D eigenvalue weighted by Gasteiger charge is 2.23. The smallest absolute Gasteiger partial charge is 0.322 e. The van der Waals surface area contributed by atoms with Crippen molar-refractivity contribution in [3.63, 3.8) is 0 Å². The van der Waals surface area contributed by atoms with Crippen LogP contribution in [0, 0.1) is 0 Å². The van der Waals surface area contributed by atoms with Crippen molar-refractivity contribution >= 4 is 11.7 Å². The maximum atomic E-state index is 13.0. The van der Waals surface area contributed by atoms with Crippen molar-refractivity contribution in [2.24, 2.45) is 0 Å². The summed E-state index contributed by atoms with van der Waals surface area (Å²) in [6.07, 6.45) is 5.55. The zero-order valence-electron chi connectivity index (χ0n) is 16.8. The lowest BCUT2D eigenvalue weighted by atomic mass is 10.1. The Morgan fingerprint density at radius 3 is 2.64 bits per heavy atom. The van der Waals surface area contributed by atoms with E-state index in [1.807, 2.05) is 36.4 Å². The van der Waals surface area contributed by atoms with Gasteiger partial charge in [0.25, 0.3) is 0 Å². The first-order chi connectivity index (χ1) is 13.7. The van der Waals surface area contributed by atoms with E-state index in [0.717, 1.165) is 36.6 Å². The summed E-state index contributed by atoms with van der Waals surface area (Å²) in [6.45, 7) is 3.49. The van der Waals surface area contributed by atoms with Gasteiger partial charge in [0, 0.05) is 32.6 Å². The Bertz CT molecular complexity index is 747. The minimum Gasteiger partial charge on any atom is -0.382 e. The molecule has 3 rings (SSSR count). The van der Waals surface area contributed by atoms with Crippen LogP contribution < -0.4 is 5.32 Å². The third kappa shape index (κ3) is 5.30. The number of carbonyl (C=O) groups excluding carboxylic acids is 1. The van der Waals surface area contributed by atoms with Gasteiger partial charge in [-0.05, 0) is 49.7 Å². The molecule has 0 aliphatic carbocycles. The van der Waals surface area contributed by atoms with Crippen LogP contribution in [0.4, 0.5) is 10.5 Å². The summed E-state index contributed by atoms with van der Waals surface area (Å²) in [4.78, 5) is 21.5. The molecule has 1 aromatic heterocycles. The van der Waals surface area contributed by atoms with Gasteiger partial charge in [-0.2, -0.15) is 0 Å². The van der Waals surface area contributed by atoms with E-state index in [9.17, 15) is 4.79 Å². The second-order valence-electron chi connectivity index (χ2n) is 7.26. The molecule has 0 saturated carbocycles. The largest absolute Gasteiger partial charge is 0.382 e. The Hall–Kier alpha value is -2.44.